The highest BCUT2D eigenvalue weighted by atomic mass is 16.5. The maximum atomic E-state index is 11.4. The first-order valence-electron chi connectivity index (χ1n) is 6.43. The van der Waals surface area contributed by atoms with Gasteiger partial charge in [0.2, 0.25) is 0 Å². The zero-order valence-electron chi connectivity index (χ0n) is 11.2. The Morgan fingerprint density at radius 1 is 1.33 bits per heavy atom. The van der Waals surface area contributed by atoms with Crippen LogP contribution in [-0.4, -0.2) is 30.7 Å². The summed E-state index contributed by atoms with van der Waals surface area (Å²) < 4.78 is 5.10. The number of carbonyl (C=O) groups is 2. The van der Waals surface area contributed by atoms with Gasteiger partial charge in [0.05, 0.1) is 6.21 Å². The molecule has 108 valence electrons. The third-order valence-corrected chi connectivity index (χ3v) is 2.68. The Kier molecular flexibility index (Phi) is 4.88. The van der Waals surface area contributed by atoms with Gasteiger partial charge in [0.15, 0.2) is 6.61 Å². The van der Waals surface area contributed by atoms with Crippen molar-refractivity contribution in [1.82, 2.24) is 10.7 Å². The average Bonchev–Trinajstić information content (AvgIpc) is 3.30. The molecule has 0 atom stereocenters. The molecule has 2 amide bonds. The maximum Gasteiger partial charge on any atom is 0.329 e. The predicted octanol–water partition coefficient (Wildman–Crippen LogP) is 0.318. The van der Waals surface area contributed by atoms with Gasteiger partial charge in [0.1, 0.15) is 11.8 Å². The van der Waals surface area contributed by atoms with Gasteiger partial charge in [-0.05, 0) is 42.7 Å². The highest BCUT2D eigenvalue weighted by Crippen LogP contribution is 2.18. The van der Waals surface area contributed by atoms with Crippen molar-refractivity contribution in [3.8, 4) is 11.8 Å². The van der Waals surface area contributed by atoms with Crippen molar-refractivity contribution in [3.63, 3.8) is 0 Å². The molecule has 1 fully saturated rings. The van der Waals surface area contributed by atoms with Gasteiger partial charge < -0.3 is 10.1 Å². The van der Waals surface area contributed by atoms with E-state index >= 15 is 0 Å². The fourth-order valence-electron chi connectivity index (χ4n) is 1.46. The number of nitrogens with one attached hydrogen (secondary N) is 2. The summed E-state index contributed by atoms with van der Waals surface area (Å²) in [5, 5.41) is 14.6. The van der Waals surface area contributed by atoms with E-state index in [0.717, 1.165) is 18.4 Å². The van der Waals surface area contributed by atoms with E-state index in [9.17, 15) is 9.59 Å². The lowest BCUT2D eigenvalue weighted by Gasteiger charge is -2.02. The Hall–Kier alpha value is -2.88. The van der Waals surface area contributed by atoms with E-state index in [0.29, 0.717) is 5.75 Å². The first-order valence-corrected chi connectivity index (χ1v) is 6.43. The molecule has 7 heteroatoms. The molecule has 0 heterocycles. The molecule has 1 aliphatic carbocycles. The molecule has 0 bridgehead atoms. The van der Waals surface area contributed by atoms with Crippen molar-refractivity contribution >= 4 is 18.0 Å². The molecule has 2 rings (SSSR count). The second-order valence-corrected chi connectivity index (χ2v) is 4.46. The van der Waals surface area contributed by atoms with Crippen molar-refractivity contribution in [1.29, 1.82) is 5.26 Å². The van der Waals surface area contributed by atoms with E-state index in [1.807, 2.05) is 6.07 Å². The molecule has 7 nitrogen and oxygen atoms in total. The van der Waals surface area contributed by atoms with E-state index in [4.69, 9.17) is 10.00 Å². The minimum absolute atomic E-state index is 0.0143. The van der Waals surface area contributed by atoms with Crippen molar-refractivity contribution in [2.75, 3.05) is 6.61 Å². The van der Waals surface area contributed by atoms with E-state index < -0.39 is 11.8 Å². The Morgan fingerprint density at radius 3 is 2.67 bits per heavy atom. The second kappa shape index (κ2) is 7.05. The largest absolute Gasteiger partial charge is 0.479 e. The first kappa shape index (κ1) is 14.5. The summed E-state index contributed by atoms with van der Waals surface area (Å²) in [6.45, 7) is -0.0143. The smallest absolute Gasteiger partial charge is 0.329 e. The Bertz CT molecular complexity index is 585. The van der Waals surface area contributed by atoms with E-state index in [-0.39, 0.29) is 12.6 Å². The molecule has 0 saturated heterocycles. The topological polar surface area (TPSA) is 104 Å². The zero-order valence-corrected chi connectivity index (χ0v) is 11.2. The summed E-state index contributed by atoms with van der Waals surface area (Å²) in [6.07, 6.45) is 3.25. The number of rotatable bonds is 5. The lowest BCUT2D eigenvalue weighted by Crippen LogP contribution is -2.38. The Balaban J connectivity index is 1.79. The zero-order chi connectivity index (χ0) is 15.1. The van der Waals surface area contributed by atoms with Gasteiger partial charge in [0.25, 0.3) is 0 Å². The molecule has 0 radical (unpaired) electrons. The van der Waals surface area contributed by atoms with Crippen molar-refractivity contribution < 1.29 is 14.3 Å². The summed E-state index contributed by atoms with van der Waals surface area (Å²) >= 11 is 0. The summed E-state index contributed by atoms with van der Waals surface area (Å²) in [7, 11) is 0. The van der Waals surface area contributed by atoms with Crippen LogP contribution in [0.2, 0.25) is 0 Å². The van der Waals surface area contributed by atoms with Crippen LogP contribution in [-0.2, 0) is 9.59 Å². The number of carbonyl (C=O) groups excluding carboxylic acids is 2. The Morgan fingerprint density at radius 2 is 2.05 bits per heavy atom. The van der Waals surface area contributed by atoms with E-state index in [1.165, 1.54) is 6.21 Å². The number of benzene rings is 1. The monoisotopic (exact) mass is 286 g/mol. The standard InChI is InChI=1S/C14H14N4O3/c15-7-8-21-12-5-1-10(2-6-12)9-16-18-14(20)13(19)17-11-3-4-11/h1-2,5-6,9,11H,3-4,8H2,(H,17,19)(H,18,20)/b16-9-. The van der Waals surface area contributed by atoms with Crippen molar-refractivity contribution in [2.45, 2.75) is 18.9 Å². The van der Waals surface area contributed by atoms with Gasteiger partial charge in [-0.2, -0.15) is 10.4 Å². The highest BCUT2D eigenvalue weighted by Gasteiger charge is 2.26. The molecule has 0 aliphatic heterocycles. The second-order valence-electron chi connectivity index (χ2n) is 4.46. The first-order chi connectivity index (χ1) is 10.2. The van der Waals surface area contributed by atoms with Crippen LogP contribution in [0, 0.1) is 11.3 Å². The minimum atomic E-state index is -0.785. The molecular formula is C14H14N4O3. The number of ether oxygens (including phenoxy) is 1. The number of hydrogen-bond acceptors (Lipinski definition) is 5. The average molecular weight is 286 g/mol. The molecule has 21 heavy (non-hydrogen) atoms. The molecule has 0 aromatic heterocycles. The van der Waals surface area contributed by atoms with Crippen molar-refractivity contribution in [3.05, 3.63) is 29.8 Å². The Labute approximate surface area is 121 Å². The van der Waals surface area contributed by atoms with Gasteiger partial charge in [0, 0.05) is 6.04 Å². The lowest BCUT2D eigenvalue weighted by atomic mass is 10.2. The fraction of sp³-hybridized carbons (Fsp3) is 0.286. The minimum Gasteiger partial charge on any atom is -0.479 e. The summed E-state index contributed by atoms with van der Waals surface area (Å²) in [6, 6.07) is 8.80. The van der Waals surface area contributed by atoms with E-state index in [1.54, 1.807) is 24.3 Å². The van der Waals surface area contributed by atoms with Gasteiger partial charge >= 0.3 is 11.8 Å². The van der Waals surface area contributed by atoms with Crippen LogP contribution in [0.25, 0.3) is 0 Å². The quantitative estimate of drug-likeness (QED) is 0.462. The SMILES string of the molecule is N#CCOc1ccc(/C=N\NC(=O)C(=O)NC2CC2)cc1. The molecule has 1 aromatic rings. The van der Waals surface area contributed by atoms with Gasteiger partial charge in [-0.25, -0.2) is 5.43 Å². The molecule has 1 saturated carbocycles. The highest BCUT2D eigenvalue weighted by molar-refractivity contribution is 6.35. The van der Waals surface area contributed by atoms with Crippen molar-refractivity contribution in [2.24, 2.45) is 5.10 Å². The van der Waals surface area contributed by atoms with Crippen LogP contribution in [0.15, 0.2) is 29.4 Å². The molecule has 1 aromatic carbocycles. The summed E-state index contributed by atoms with van der Waals surface area (Å²) in [4.78, 5) is 22.7. The van der Waals surface area contributed by atoms with Crippen LogP contribution >= 0.6 is 0 Å². The summed E-state index contributed by atoms with van der Waals surface area (Å²) in [5.41, 5.74) is 2.88. The lowest BCUT2D eigenvalue weighted by molar-refractivity contribution is -0.139. The van der Waals surface area contributed by atoms with E-state index in [2.05, 4.69) is 15.8 Å². The molecular weight excluding hydrogens is 272 g/mol. The number of hydrogen-bond donors (Lipinski definition) is 2. The number of nitrogens with zero attached hydrogens (tertiary/aromatic N) is 2. The van der Waals surface area contributed by atoms with Crippen LogP contribution < -0.4 is 15.5 Å². The van der Waals surface area contributed by atoms with Crippen LogP contribution in [0.5, 0.6) is 5.75 Å². The molecule has 1 aliphatic rings. The number of nitriles is 1. The summed E-state index contributed by atoms with van der Waals surface area (Å²) in [5.74, 6) is -0.886. The normalized spacial score (nSPS) is 13.5. The maximum absolute atomic E-state index is 11.4. The number of amides is 2. The van der Waals surface area contributed by atoms with Crippen LogP contribution in [0.1, 0.15) is 18.4 Å². The third kappa shape index (κ3) is 4.95. The van der Waals surface area contributed by atoms with Gasteiger partial charge in [-0.15, -0.1) is 0 Å². The van der Waals surface area contributed by atoms with Crippen LogP contribution in [0.3, 0.4) is 0 Å². The molecule has 2 N–H and O–H groups in total. The fourth-order valence-corrected chi connectivity index (χ4v) is 1.46. The molecule has 0 spiro atoms. The third-order valence-electron chi connectivity index (χ3n) is 2.68. The molecule has 0 unspecified atom stereocenters. The van der Waals surface area contributed by atoms with Crippen LogP contribution in [0.4, 0.5) is 0 Å². The van der Waals surface area contributed by atoms with Gasteiger partial charge in [-0.3, -0.25) is 9.59 Å². The predicted molar refractivity (Wildman–Crippen MR) is 74.5 cm³/mol. The number of hydrazone groups is 1. The van der Waals surface area contributed by atoms with Gasteiger partial charge in [-0.1, -0.05) is 0 Å².